The van der Waals surface area contributed by atoms with Crippen molar-refractivity contribution in [1.29, 1.82) is 0 Å². The zero-order valence-electron chi connectivity index (χ0n) is 10.3. The van der Waals surface area contributed by atoms with E-state index < -0.39 is 18.6 Å². The van der Waals surface area contributed by atoms with Gasteiger partial charge in [0.05, 0.1) is 20.6 Å². The third kappa shape index (κ3) is 5.08. The SMILES string of the molecule is COc1cc([C@@H](N)CC(F)(F)F)cc(OC)c1Br.Cl. The van der Waals surface area contributed by atoms with Crippen molar-refractivity contribution in [3.8, 4) is 11.5 Å². The Bertz CT molecular complexity index is 404. The summed E-state index contributed by atoms with van der Waals surface area (Å²) in [4.78, 5) is 0. The summed E-state index contributed by atoms with van der Waals surface area (Å²) >= 11 is 3.23. The molecule has 0 heterocycles. The molecule has 3 nitrogen and oxygen atoms in total. The summed E-state index contributed by atoms with van der Waals surface area (Å²) < 4.78 is 47.5. The van der Waals surface area contributed by atoms with Crippen molar-refractivity contribution < 1.29 is 22.6 Å². The summed E-state index contributed by atoms with van der Waals surface area (Å²) in [6.07, 6.45) is -5.41. The van der Waals surface area contributed by atoms with Crippen molar-refractivity contribution in [3.63, 3.8) is 0 Å². The molecule has 2 N–H and O–H groups in total. The van der Waals surface area contributed by atoms with Crippen LogP contribution in [0, 0.1) is 0 Å². The van der Waals surface area contributed by atoms with E-state index in [0.29, 0.717) is 21.5 Å². The topological polar surface area (TPSA) is 44.5 Å². The van der Waals surface area contributed by atoms with Gasteiger partial charge in [-0.25, -0.2) is 0 Å². The van der Waals surface area contributed by atoms with E-state index in [1.54, 1.807) is 0 Å². The van der Waals surface area contributed by atoms with Crippen LogP contribution in [-0.4, -0.2) is 20.4 Å². The molecule has 0 saturated heterocycles. The molecule has 0 unspecified atom stereocenters. The minimum absolute atomic E-state index is 0. The maximum Gasteiger partial charge on any atom is 0.390 e. The maximum absolute atomic E-state index is 12.3. The van der Waals surface area contributed by atoms with Crippen molar-refractivity contribution in [3.05, 3.63) is 22.2 Å². The molecule has 0 fully saturated rings. The summed E-state index contributed by atoms with van der Waals surface area (Å²) in [6.45, 7) is 0. The Morgan fingerprint density at radius 1 is 1.21 bits per heavy atom. The molecule has 0 amide bonds. The first-order chi connectivity index (χ1) is 8.28. The average Bonchev–Trinajstić information content (AvgIpc) is 2.27. The molecule has 1 aromatic rings. The van der Waals surface area contributed by atoms with Gasteiger partial charge in [-0.05, 0) is 33.6 Å². The van der Waals surface area contributed by atoms with Crippen molar-refractivity contribution in [2.24, 2.45) is 5.73 Å². The van der Waals surface area contributed by atoms with E-state index in [4.69, 9.17) is 15.2 Å². The lowest BCUT2D eigenvalue weighted by Gasteiger charge is -2.17. The zero-order valence-corrected chi connectivity index (χ0v) is 12.7. The number of alkyl halides is 3. The lowest BCUT2D eigenvalue weighted by atomic mass is 10.0. The molecule has 0 aliphatic rings. The minimum atomic E-state index is -4.31. The van der Waals surface area contributed by atoms with Crippen molar-refractivity contribution in [2.75, 3.05) is 14.2 Å². The maximum atomic E-state index is 12.3. The van der Waals surface area contributed by atoms with Gasteiger partial charge in [0.25, 0.3) is 0 Å². The molecule has 0 spiro atoms. The molecular weight excluding hydrogens is 350 g/mol. The zero-order chi connectivity index (χ0) is 13.9. The van der Waals surface area contributed by atoms with Crippen LogP contribution in [0.4, 0.5) is 13.2 Å². The van der Waals surface area contributed by atoms with Gasteiger partial charge in [-0.15, -0.1) is 12.4 Å². The molecule has 0 aliphatic heterocycles. The Balaban J connectivity index is 0.00000324. The van der Waals surface area contributed by atoms with Crippen molar-refractivity contribution in [1.82, 2.24) is 0 Å². The molecule has 1 rings (SSSR count). The highest BCUT2D eigenvalue weighted by Gasteiger charge is 2.31. The van der Waals surface area contributed by atoms with Crippen LogP contribution in [0.5, 0.6) is 11.5 Å². The van der Waals surface area contributed by atoms with Gasteiger partial charge < -0.3 is 15.2 Å². The van der Waals surface area contributed by atoms with Crippen LogP contribution >= 0.6 is 28.3 Å². The van der Waals surface area contributed by atoms with E-state index in [9.17, 15) is 13.2 Å². The molecule has 0 saturated carbocycles. The molecule has 19 heavy (non-hydrogen) atoms. The van der Waals surface area contributed by atoms with E-state index in [2.05, 4.69) is 15.9 Å². The molecule has 0 aromatic heterocycles. The van der Waals surface area contributed by atoms with E-state index in [-0.39, 0.29) is 12.4 Å². The predicted octanol–water partition coefficient (Wildman–Crippen LogP) is 3.84. The highest BCUT2D eigenvalue weighted by Crippen LogP contribution is 2.38. The van der Waals surface area contributed by atoms with Crippen LogP contribution in [0.25, 0.3) is 0 Å². The van der Waals surface area contributed by atoms with Crippen LogP contribution in [0.2, 0.25) is 0 Å². The first-order valence-corrected chi connectivity index (χ1v) is 5.81. The van der Waals surface area contributed by atoms with Crippen LogP contribution in [0.3, 0.4) is 0 Å². The molecular formula is C11H14BrClF3NO2. The third-order valence-electron chi connectivity index (χ3n) is 2.35. The second-order valence-electron chi connectivity index (χ2n) is 3.67. The fourth-order valence-corrected chi connectivity index (χ4v) is 2.02. The highest BCUT2D eigenvalue weighted by atomic mass is 79.9. The van der Waals surface area contributed by atoms with E-state index in [0.717, 1.165) is 0 Å². The molecule has 0 aliphatic carbocycles. The van der Waals surface area contributed by atoms with Gasteiger partial charge in [-0.3, -0.25) is 0 Å². The van der Waals surface area contributed by atoms with Gasteiger partial charge >= 0.3 is 6.18 Å². The Morgan fingerprint density at radius 3 is 1.95 bits per heavy atom. The van der Waals surface area contributed by atoms with Gasteiger partial charge in [0.15, 0.2) is 0 Å². The molecule has 0 radical (unpaired) electrons. The standard InChI is InChI=1S/C11H13BrF3NO2.ClH/c1-17-8-3-6(4-9(18-2)10(8)12)7(16)5-11(13,14)15;/h3-4,7H,5,16H2,1-2H3;1H/t7-;/m0./s1. The third-order valence-corrected chi connectivity index (χ3v) is 3.13. The summed E-state index contributed by atoms with van der Waals surface area (Å²) in [6, 6.07) is 1.77. The van der Waals surface area contributed by atoms with Gasteiger partial charge in [0.1, 0.15) is 16.0 Å². The number of halogens is 5. The van der Waals surface area contributed by atoms with E-state index >= 15 is 0 Å². The van der Waals surface area contributed by atoms with Gasteiger partial charge in [0, 0.05) is 6.04 Å². The summed E-state index contributed by atoms with van der Waals surface area (Å²) in [5.74, 6) is 0.754. The largest absolute Gasteiger partial charge is 0.495 e. The van der Waals surface area contributed by atoms with Crippen molar-refractivity contribution >= 4 is 28.3 Å². The van der Waals surface area contributed by atoms with Crippen LogP contribution in [-0.2, 0) is 0 Å². The van der Waals surface area contributed by atoms with Crippen LogP contribution in [0.15, 0.2) is 16.6 Å². The number of methoxy groups -OCH3 is 2. The number of nitrogens with two attached hydrogens (primary N) is 1. The molecule has 1 aromatic carbocycles. The van der Waals surface area contributed by atoms with E-state index in [1.165, 1.54) is 26.4 Å². The molecule has 0 bridgehead atoms. The normalized spacial score (nSPS) is 12.6. The summed E-state index contributed by atoms with van der Waals surface area (Å²) in [7, 11) is 2.83. The second kappa shape index (κ2) is 7.21. The first kappa shape index (κ1) is 18.3. The van der Waals surface area contributed by atoms with Gasteiger partial charge in [-0.1, -0.05) is 0 Å². The number of benzene rings is 1. The minimum Gasteiger partial charge on any atom is -0.495 e. The second-order valence-corrected chi connectivity index (χ2v) is 4.46. The lowest BCUT2D eigenvalue weighted by Crippen LogP contribution is -2.20. The smallest absolute Gasteiger partial charge is 0.390 e. The van der Waals surface area contributed by atoms with Gasteiger partial charge in [-0.2, -0.15) is 13.2 Å². The Morgan fingerprint density at radius 2 is 1.63 bits per heavy atom. The highest BCUT2D eigenvalue weighted by molar-refractivity contribution is 9.10. The Labute approximate surface area is 123 Å². The number of hydrogen-bond donors (Lipinski definition) is 1. The van der Waals surface area contributed by atoms with E-state index in [1.807, 2.05) is 0 Å². The Kier molecular flexibility index (Phi) is 6.96. The summed E-state index contributed by atoms with van der Waals surface area (Å²) in [5, 5.41) is 0. The van der Waals surface area contributed by atoms with Gasteiger partial charge in [0.2, 0.25) is 0 Å². The van der Waals surface area contributed by atoms with Crippen molar-refractivity contribution in [2.45, 2.75) is 18.6 Å². The quantitative estimate of drug-likeness (QED) is 0.883. The average molecular weight is 365 g/mol. The van der Waals surface area contributed by atoms with Crippen LogP contribution < -0.4 is 15.2 Å². The molecule has 110 valence electrons. The van der Waals surface area contributed by atoms with Crippen LogP contribution in [0.1, 0.15) is 18.0 Å². The monoisotopic (exact) mass is 363 g/mol. The summed E-state index contributed by atoms with van der Waals surface area (Å²) in [5.41, 5.74) is 5.84. The number of ether oxygens (including phenoxy) is 2. The fraction of sp³-hybridized carbons (Fsp3) is 0.455. The molecule has 8 heteroatoms. The number of rotatable bonds is 4. The number of hydrogen-bond acceptors (Lipinski definition) is 3. The lowest BCUT2D eigenvalue weighted by molar-refractivity contribution is -0.138. The first-order valence-electron chi connectivity index (χ1n) is 5.02. The predicted molar refractivity (Wildman–Crippen MR) is 72.1 cm³/mol. The molecule has 1 atom stereocenters. The Hall–Kier alpha value is -0.660. The fourth-order valence-electron chi connectivity index (χ4n) is 1.47.